The molecule has 0 aromatic carbocycles. The van der Waals surface area contributed by atoms with E-state index in [1.165, 1.54) is 0 Å². The van der Waals surface area contributed by atoms with E-state index in [0.29, 0.717) is 0 Å². The molecule has 0 aliphatic heterocycles. The standard InChI is InChI=1S/C12H18BrN3O/c1-5-14-12(3,4)11(17)16-9-6-7-10(13)15-8(9)2/h6-7,14H,5H2,1-4H3,(H,16,17). The molecular weight excluding hydrogens is 282 g/mol. The first-order valence-corrected chi connectivity index (χ1v) is 6.35. The molecular formula is C12H18BrN3O. The van der Waals surface area contributed by atoms with Gasteiger partial charge in [0.1, 0.15) is 4.60 Å². The van der Waals surface area contributed by atoms with E-state index in [1.54, 1.807) is 0 Å². The molecule has 0 saturated heterocycles. The molecule has 4 nitrogen and oxygen atoms in total. The Balaban J connectivity index is 2.81. The average Bonchev–Trinajstić information content (AvgIpc) is 2.22. The van der Waals surface area contributed by atoms with Crippen LogP contribution in [0.5, 0.6) is 0 Å². The van der Waals surface area contributed by atoms with Crippen LogP contribution in [0.3, 0.4) is 0 Å². The number of aromatic nitrogens is 1. The van der Waals surface area contributed by atoms with Gasteiger partial charge in [0.15, 0.2) is 0 Å². The third-order valence-electron chi connectivity index (χ3n) is 2.49. The van der Waals surface area contributed by atoms with Gasteiger partial charge in [0, 0.05) is 0 Å². The van der Waals surface area contributed by atoms with Crippen molar-refractivity contribution >= 4 is 27.5 Å². The summed E-state index contributed by atoms with van der Waals surface area (Å²) in [6.07, 6.45) is 0. The van der Waals surface area contributed by atoms with Crippen molar-refractivity contribution in [1.29, 1.82) is 0 Å². The van der Waals surface area contributed by atoms with Gasteiger partial charge in [0.25, 0.3) is 0 Å². The minimum atomic E-state index is -0.589. The molecule has 1 heterocycles. The Morgan fingerprint density at radius 1 is 1.47 bits per heavy atom. The highest BCUT2D eigenvalue weighted by Crippen LogP contribution is 2.17. The van der Waals surface area contributed by atoms with Gasteiger partial charge in [-0.3, -0.25) is 4.79 Å². The zero-order valence-electron chi connectivity index (χ0n) is 10.6. The second kappa shape index (κ2) is 5.60. The number of nitrogens with zero attached hydrogens (tertiary/aromatic N) is 1. The molecule has 1 amide bonds. The van der Waals surface area contributed by atoms with Crippen molar-refractivity contribution in [2.45, 2.75) is 33.2 Å². The summed E-state index contributed by atoms with van der Waals surface area (Å²) in [6.45, 7) is 8.29. The predicted molar refractivity (Wildman–Crippen MR) is 73.1 cm³/mol. The number of carbonyl (C=O) groups is 1. The van der Waals surface area contributed by atoms with E-state index in [2.05, 4.69) is 31.5 Å². The second-order valence-corrected chi connectivity index (χ2v) is 5.19. The van der Waals surface area contributed by atoms with E-state index in [0.717, 1.165) is 22.5 Å². The molecule has 17 heavy (non-hydrogen) atoms. The molecule has 1 rings (SSSR count). The van der Waals surface area contributed by atoms with Crippen LogP contribution in [0.25, 0.3) is 0 Å². The molecule has 0 unspecified atom stereocenters. The number of halogens is 1. The molecule has 0 atom stereocenters. The average molecular weight is 300 g/mol. The van der Waals surface area contributed by atoms with Gasteiger partial charge in [0.05, 0.1) is 16.9 Å². The van der Waals surface area contributed by atoms with Crippen molar-refractivity contribution in [2.24, 2.45) is 0 Å². The number of nitrogens with one attached hydrogen (secondary N) is 2. The van der Waals surface area contributed by atoms with E-state index < -0.39 is 5.54 Å². The summed E-state index contributed by atoms with van der Waals surface area (Å²) in [5, 5.41) is 6.01. The predicted octanol–water partition coefficient (Wildman–Crippen LogP) is 2.48. The number of amides is 1. The van der Waals surface area contributed by atoms with Gasteiger partial charge in [-0.05, 0) is 55.4 Å². The first kappa shape index (κ1) is 14.1. The molecule has 94 valence electrons. The first-order valence-electron chi connectivity index (χ1n) is 5.56. The van der Waals surface area contributed by atoms with Crippen LogP contribution in [0.2, 0.25) is 0 Å². The fraction of sp³-hybridized carbons (Fsp3) is 0.500. The molecule has 0 aliphatic carbocycles. The van der Waals surface area contributed by atoms with Crippen LogP contribution in [-0.2, 0) is 4.79 Å². The summed E-state index contributed by atoms with van der Waals surface area (Å²) >= 11 is 3.29. The highest BCUT2D eigenvalue weighted by atomic mass is 79.9. The summed E-state index contributed by atoms with van der Waals surface area (Å²) in [7, 11) is 0. The summed E-state index contributed by atoms with van der Waals surface area (Å²) in [5.74, 6) is -0.0634. The normalized spacial score (nSPS) is 11.4. The van der Waals surface area contributed by atoms with Crippen LogP contribution in [0.4, 0.5) is 5.69 Å². The summed E-state index contributed by atoms with van der Waals surface area (Å²) in [4.78, 5) is 16.3. The van der Waals surface area contributed by atoms with Crippen LogP contribution in [0.15, 0.2) is 16.7 Å². The zero-order valence-corrected chi connectivity index (χ0v) is 12.2. The van der Waals surface area contributed by atoms with Crippen molar-refractivity contribution in [3.63, 3.8) is 0 Å². The fourth-order valence-corrected chi connectivity index (χ4v) is 1.86. The first-order chi connectivity index (χ1) is 7.86. The molecule has 0 radical (unpaired) electrons. The third kappa shape index (κ3) is 3.78. The fourth-order valence-electron chi connectivity index (χ4n) is 1.46. The number of anilines is 1. The topological polar surface area (TPSA) is 54.0 Å². The van der Waals surface area contributed by atoms with Gasteiger partial charge < -0.3 is 10.6 Å². The molecule has 0 saturated carbocycles. The minimum Gasteiger partial charge on any atom is -0.323 e. The Kier molecular flexibility index (Phi) is 4.65. The molecule has 1 aromatic heterocycles. The van der Waals surface area contributed by atoms with E-state index >= 15 is 0 Å². The lowest BCUT2D eigenvalue weighted by Crippen LogP contribution is -2.49. The Labute approximate surface area is 110 Å². The maximum Gasteiger partial charge on any atom is 0.244 e. The number of carbonyl (C=O) groups excluding carboxylic acids is 1. The van der Waals surface area contributed by atoms with Crippen LogP contribution < -0.4 is 10.6 Å². The highest BCUT2D eigenvalue weighted by Gasteiger charge is 2.26. The third-order valence-corrected chi connectivity index (χ3v) is 2.93. The van der Waals surface area contributed by atoms with Crippen molar-refractivity contribution < 1.29 is 4.79 Å². The number of likely N-dealkylation sites (N-methyl/N-ethyl adjacent to an activating group) is 1. The summed E-state index contributed by atoms with van der Waals surface area (Å²) < 4.78 is 0.763. The highest BCUT2D eigenvalue weighted by molar-refractivity contribution is 9.10. The maximum absolute atomic E-state index is 12.0. The largest absolute Gasteiger partial charge is 0.323 e. The lowest BCUT2D eigenvalue weighted by atomic mass is 10.0. The molecule has 0 aliphatic rings. The molecule has 0 fully saturated rings. The zero-order chi connectivity index (χ0) is 13.1. The Morgan fingerprint density at radius 3 is 2.65 bits per heavy atom. The maximum atomic E-state index is 12.0. The smallest absolute Gasteiger partial charge is 0.244 e. The second-order valence-electron chi connectivity index (χ2n) is 4.38. The van der Waals surface area contributed by atoms with Gasteiger partial charge in [-0.2, -0.15) is 0 Å². The lowest BCUT2D eigenvalue weighted by molar-refractivity contribution is -0.121. The van der Waals surface area contributed by atoms with Gasteiger partial charge in [-0.25, -0.2) is 4.98 Å². The van der Waals surface area contributed by atoms with E-state index in [1.807, 2.05) is 39.8 Å². The van der Waals surface area contributed by atoms with Crippen LogP contribution in [0.1, 0.15) is 26.5 Å². The van der Waals surface area contributed by atoms with Crippen molar-refractivity contribution in [3.8, 4) is 0 Å². The lowest BCUT2D eigenvalue weighted by Gasteiger charge is -2.24. The van der Waals surface area contributed by atoms with E-state index in [4.69, 9.17) is 0 Å². The quantitative estimate of drug-likeness (QED) is 0.840. The summed E-state index contributed by atoms with van der Waals surface area (Å²) in [6, 6.07) is 3.65. The number of hydrogen-bond acceptors (Lipinski definition) is 3. The number of hydrogen-bond donors (Lipinski definition) is 2. The number of rotatable bonds is 4. The van der Waals surface area contributed by atoms with Gasteiger partial charge in [-0.15, -0.1) is 0 Å². The molecule has 1 aromatic rings. The van der Waals surface area contributed by atoms with Gasteiger partial charge >= 0.3 is 0 Å². The van der Waals surface area contributed by atoms with Crippen molar-refractivity contribution in [2.75, 3.05) is 11.9 Å². The van der Waals surface area contributed by atoms with Gasteiger partial charge in [-0.1, -0.05) is 6.92 Å². The Hall–Kier alpha value is -0.940. The number of aryl methyl sites for hydroxylation is 1. The molecule has 0 spiro atoms. The Morgan fingerprint density at radius 2 is 2.12 bits per heavy atom. The van der Waals surface area contributed by atoms with Crippen molar-refractivity contribution in [3.05, 3.63) is 22.4 Å². The molecule has 5 heteroatoms. The van der Waals surface area contributed by atoms with Crippen molar-refractivity contribution in [1.82, 2.24) is 10.3 Å². The van der Waals surface area contributed by atoms with Crippen LogP contribution >= 0.6 is 15.9 Å². The Bertz CT molecular complexity index is 418. The monoisotopic (exact) mass is 299 g/mol. The summed E-state index contributed by atoms with van der Waals surface area (Å²) in [5.41, 5.74) is 0.943. The number of pyridine rings is 1. The SMILES string of the molecule is CCNC(C)(C)C(=O)Nc1ccc(Br)nc1C. The van der Waals surface area contributed by atoms with Gasteiger partial charge in [0.2, 0.25) is 5.91 Å². The molecule has 0 bridgehead atoms. The van der Waals surface area contributed by atoms with Crippen LogP contribution in [0, 0.1) is 6.92 Å². The molecule has 2 N–H and O–H groups in total. The van der Waals surface area contributed by atoms with Crippen LogP contribution in [-0.4, -0.2) is 23.0 Å². The van der Waals surface area contributed by atoms with E-state index in [-0.39, 0.29) is 5.91 Å². The minimum absolute atomic E-state index is 0.0634. The van der Waals surface area contributed by atoms with E-state index in [9.17, 15) is 4.79 Å².